The third-order valence-corrected chi connectivity index (χ3v) is 8.11. The van der Waals surface area contributed by atoms with Crippen molar-refractivity contribution in [1.29, 1.82) is 0 Å². The minimum absolute atomic E-state index is 0.248. The molecule has 0 saturated carbocycles. The molecule has 206 valence electrons. The smallest absolute Gasteiger partial charge is 0.334 e. The summed E-state index contributed by atoms with van der Waals surface area (Å²) in [5.74, 6) is 0.299. The second-order valence-electron chi connectivity index (χ2n) is 10.4. The summed E-state index contributed by atoms with van der Waals surface area (Å²) < 4.78 is 13.2. The maximum absolute atomic E-state index is 11.8. The number of aromatic nitrogens is 2. The molecule has 8 heteroatoms. The number of rotatable bonds is 12. The predicted octanol–water partition coefficient (Wildman–Crippen LogP) is 5.34. The number of ether oxygens (including phenoxy) is 2. The first-order chi connectivity index (χ1) is 19.1. The van der Waals surface area contributed by atoms with Gasteiger partial charge in [0.15, 0.2) is 0 Å². The van der Waals surface area contributed by atoms with Crippen LogP contribution >= 0.6 is 22.6 Å². The lowest BCUT2D eigenvalue weighted by Crippen LogP contribution is -2.32. The largest absolute Gasteiger partial charge is 0.466 e. The predicted molar refractivity (Wildman–Crippen MR) is 163 cm³/mol. The van der Waals surface area contributed by atoms with Crippen LogP contribution in [0.1, 0.15) is 41.9 Å². The summed E-state index contributed by atoms with van der Waals surface area (Å²) in [6, 6.07) is 13.4. The number of methoxy groups -OCH3 is 1. The van der Waals surface area contributed by atoms with Crippen LogP contribution < -0.4 is 5.32 Å². The van der Waals surface area contributed by atoms with Gasteiger partial charge in [0.2, 0.25) is 0 Å². The average Bonchev–Trinajstić information content (AvgIpc) is 3.60. The van der Waals surface area contributed by atoms with E-state index in [1.54, 1.807) is 0 Å². The lowest BCUT2D eigenvalue weighted by Gasteiger charge is -2.32. The molecule has 7 nitrogen and oxygen atoms in total. The zero-order chi connectivity index (χ0) is 27.0. The number of nitrogens with one attached hydrogen (secondary N) is 1. The van der Waals surface area contributed by atoms with Gasteiger partial charge in [-0.15, -0.1) is 0 Å². The molecule has 0 radical (unpaired) electrons. The number of fused-ring (bicyclic) bond motifs is 1. The van der Waals surface area contributed by atoms with E-state index in [9.17, 15) is 4.79 Å². The summed E-state index contributed by atoms with van der Waals surface area (Å²) in [7, 11) is 1.43. The lowest BCUT2D eigenvalue weighted by atomic mass is 9.90. The summed E-state index contributed by atoms with van der Waals surface area (Å²) in [5.41, 5.74) is 6.95. The molecule has 0 atom stereocenters. The van der Waals surface area contributed by atoms with E-state index in [2.05, 4.69) is 86.2 Å². The van der Waals surface area contributed by atoms with Crippen LogP contribution in [0.4, 0.5) is 0 Å². The van der Waals surface area contributed by atoms with E-state index in [1.165, 1.54) is 34.8 Å². The topological polar surface area (TPSA) is 68.6 Å². The molecule has 0 spiro atoms. The molecule has 1 fully saturated rings. The third kappa shape index (κ3) is 7.36. The molecule has 1 aliphatic carbocycles. The van der Waals surface area contributed by atoms with Gasteiger partial charge in [-0.05, 0) is 66.2 Å². The Hall–Kier alpha value is -2.53. The van der Waals surface area contributed by atoms with Gasteiger partial charge >= 0.3 is 5.97 Å². The van der Waals surface area contributed by atoms with E-state index in [0.29, 0.717) is 17.9 Å². The number of halogens is 1. The Morgan fingerprint density at radius 1 is 1.13 bits per heavy atom. The third-order valence-electron chi connectivity index (χ3n) is 7.67. The fraction of sp³-hybridized carbons (Fsp3) is 0.419. The molecule has 2 aromatic heterocycles. The van der Waals surface area contributed by atoms with Crippen LogP contribution in [-0.4, -0.2) is 58.4 Å². The number of hydrogen-bond acceptors (Lipinski definition) is 6. The fourth-order valence-corrected chi connectivity index (χ4v) is 5.89. The zero-order valence-corrected chi connectivity index (χ0v) is 24.7. The highest BCUT2D eigenvalue weighted by Gasteiger charge is 2.22. The van der Waals surface area contributed by atoms with Gasteiger partial charge in [0.05, 0.1) is 18.3 Å². The zero-order valence-electron chi connectivity index (χ0n) is 22.6. The first kappa shape index (κ1) is 28.0. The van der Waals surface area contributed by atoms with Gasteiger partial charge in [0.1, 0.15) is 5.65 Å². The van der Waals surface area contributed by atoms with Crippen LogP contribution in [0.25, 0.3) is 11.0 Å². The molecule has 0 unspecified atom stereocenters. The lowest BCUT2D eigenvalue weighted by molar-refractivity contribution is -0.136. The van der Waals surface area contributed by atoms with Crippen molar-refractivity contribution in [1.82, 2.24) is 19.8 Å². The standard InChI is InChI=1S/C31H37IN4O3/c1-38-31(37)28-6-5-25(16-28)21-36-13-9-27-17-29(19-34-30(27)36)26-7-11-35(12-8-26)20-24-4-2-3-23(15-24)18-33-10-14-39-22-32/h2-6,9,13,15,17,19,26,33H,7-8,10-12,14,16,18,20-22H2,1H3. The molecule has 1 saturated heterocycles. The van der Waals surface area contributed by atoms with E-state index in [1.807, 2.05) is 12.2 Å². The minimum Gasteiger partial charge on any atom is -0.466 e. The Morgan fingerprint density at radius 3 is 2.79 bits per heavy atom. The van der Waals surface area contributed by atoms with Crippen molar-refractivity contribution in [3.63, 3.8) is 0 Å². The van der Waals surface area contributed by atoms with Gasteiger partial charge in [-0.3, -0.25) is 4.90 Å². The molecular formula is C31H37IN4O3. The highest BCUT2D eigenvalue weighted by Crippen LogP contribution is 2.31. The van der Waals surface area contributed by atoms with Crippen molar-refractivity contribution in [3.8, 4) is 0 Å². The molecule has 5 rings (SSSR count). The van der Waals surface area contributed by atoms with Gasteiger partial charge < -0.3 is 19.4 Å². The molecule has 3 heterocycles. The normalized spacial score (nSPS) is 16.5. The van der Waals surface area contributed by atoms with Crippen molar-refractivity contribution >= 4 is 39.6 Å². The Labute approximate surface area is 244 Å². The van der Waals surface area contributed by atoms with Crippen LogP contribution in [0.2, 0.25) is 0 Å². The Kier molecular flexibility index (Phi) is 9.84. The first-order valence-electron chi connectivity index (χ1n) is 13.7. The summed E-state index contributed by atoms with van der Waals surface area (Å²) in [6.45, 7) is 6.44. The molecule has 1 aliphatic heterocycles. The summed E-state index contributed by atoms with van der Waals surface area (Å²) in [5, 5.41) is 4.64. The second-order valence-corrected chi connectivity index (χ2v) is 11.0. The summed E-state index contributed by atoms with van der Waals surface area (Å²) in [6.07, 6.45) is 11.0. The van der Waals surface area contributed by atoms with Crippen molar-refractivity contribution in [2.75, 3.05) is 38.0 Å². The number of benzene rings is 1. The van der Waals surface area contributed by atoms with Crippen LogP contribution in [0, 0.1) is 0 Å². The number of nitrogens with zero attached hydrogens (tertiary/aromatic N) is 3. The van der Waals surface area contributed by atoms with E-state index in [-0.39, 0.29) is 5.97 Å². The number of likely N-dealkylation sites (tertiary alicyclic amines) is 1. The van der Waals surface area contributed by atoms with Crippen LogP contribution in [-0.2, 0) is 33.9 Å². The molecule has 0 amide bonds. The monoisotopic (exact) mass is 640 g/mol. The van der Waals surface area contributed by atoms with Crippen LogP contribution in [0.3, 0.4) is 0 Å². The second kappa shape index (κ2) is 13.7. The highest BCUT2D eigenvalue weighted by atomic mass is 127. The molecule has 3 aromatic rings. The van der Waals surface area contributed by atoms with Crippen molar-refractivity contribution in [3.05, 3.63) is 88.8 Å². The highest BCUT2D eigenvalue weighted by molar-refractivity contribution is 14.1. The van der Waals surface area contributed by atoms with E-state index in [0.717, 1.165) is 69.0 Å². The van der Waals surface area contributed by atoms with Gasteiger partial charge in [-0.2, -0.15) is 0 Å². The molecule has 39 heavy (non-hydrogen) atoms. The number of pyridine rings is 1. The molecule has 1 N–H and O–H groups in total. The minimum atomic E-state index is -0.248. The number of carbonyl (C=O) groups is 1. The number of hydrogen-bond donors (Lipinski definition) is 1. The molecular weight excluding hydrogens is 603 g/mol. The number of carbonyl (C=O) groups excluding carboxylic acids is 1. The van der Waals surface area contributed by atoms with E-state index < -0.39 is 0 Å². The van der Waals surface area contributed by atoms with E-state index >= 15 is 0 Å². The SMILES string of the molecule is COC(=O)C1=CC=C(Cn2ccc3cc(C4CCN(Cc5cccc(CNCCOCI)c5)CC4)cnc32)C1. The van der Waals surface area contributed by atoms with Gasteiger partial charge in [0, 0.05) is 56.0 Å². The maximum atomic E-state index is 11.8. The Bertz CT molecular complexity index is 1340. The molecule has 0 bridgehead atoms. The van der Waals surface area contributed by atoms with Gasteiger partial charge in [0.25, 0.3) is 0 Å². The first-order valence-corrected chi connectivity index (χ1v) is 15.2. The van der Waals surface area contributed by atoms with E-state index in [4.69, 9.17) is 14.5 Å². The number of allylic oxidation sites excluding steroid dienone is 3. The quantitative estimate of drug-likeness (QED) is 0.125. The van der Waals surface area contributed by atoms with Crippen molar-refractivity contribution < 1.29 is 14.3 Å². The number of alkyl halides is 1. The van der Waals surface area contributed by atoms with Crippen molar-refractivity contribution in [2.24, 2.45) is 0 Å². The van der Waals surface area contributed by atoms with Gasteiger partial charge in [-0.1, -0.05) is 59.0 Å². The van der Waals surface area contributed by atoms with Crippen LogP contribution in [0.5, 0.6) is 0 Å². The molecule has 2 aliphatic rings. The molecule has 1 aromatic carbocycles. The summed E-state index contributed by atoms with van der Waals surface area (Å²) >= 11 is 2.23. The fourth-order valence-electron chi connectivity index (χ4n) is 5.58. The summed E-state index contributed by atoms with van der Waals surface area (Å²) in [4.78, 5) is 19.2. The van der Waals surface area contributed by atoms with Gasteiger partial charge in [-0.25, -0.2) is 9.78 Å². The number of esters is 1. The maximum Gasteiger partial charge on any atom is 0.334 e. The van der Waals surface area contributed by atoms with Crippen LogP contribution in [0.15, 0.2) is 72.1 Å². The Balaban J connectivity index is 1.12. The average molecular weight is 641 g/mol. The van der Waals surface area contributed by atoms with Crippen molar-refractivity contribution in [2.45, 2.75) is 44.8 Å². The number of piperidine rings is 1. The Morgan fingerprint density at radius 2 is 1.97 bits per heavy atom.